The summed E-state index contributed by atoms with van der Waals surface area (Å²) in [6.45, 7) is 0. The van der Waals surface area contributed by atoms with Crippen LogP contribution < -0.4 is 0 Å². The monoisotopic (exact) mass is 408 g/mol. The van der Waals surface area contributed by atoms with Crippen LogP contribution in [0.15, 0.2) is 116 Å². The van der Waals surface area contributed by atoms with Crippen molar-refractivity contribution in [3.8, 4) is 56.9 Å². The van der Waals surface area contributed by atoms with E-state index >= 15 is 0 Å². The smallest absolute Gasteiger partial charge is 0.0346 e. The number of pyridine rings is 2. The second-order valence-electron chi connectivity index (χ2n) is 7.52. The Morgan fingerprint density at radius 3 is 1.31 bits per heavy atom. The van der Waals surface area contributed by atoms with Gasteiger partial charge in [0.05, 0.1) is 0 Å². The number of benzene rings is 3. The summed E-state index contributed by atoms with van der Waals surface area (Å²) in [6, 6.07) is 31.2. The minimum absolute atomic E-state index is 0.847. The lowest BCUT2D eigenvalue weighted by Gasteiger charge is -2.14. The lowest BCUT2D eigenvalue weighted by Crippen LogP contribution is -1.90. The third kappa shape index (κ3) is 3.80. The molecule has 0 spiro atoms. The first-order valence-corrected chi connectivity index (χ1v) is 10.4. The fourth-order valence-corrected chi connectivity index (χ4v) is 4.04. The first-order valence-electron chi connectivity index (χ1n) is 10.4. The lowest BCUT2D eigenvalue weighted by molar-refractivity contribution is 1.33. The molecule has 0 fully saturated rings. The van der Waals surface area contributed by atoms with Crippen molar-refractivity contribution in [3.63, 3.8) is 0 Å². The normalized spacial score (nSPS) is 10.5. The summed E-state index contributed by atoms with van der Waals surface area (Å²) in [7, 11) is 0. The van der Waals surface area contributed by atoms with E-state index in [1.165, 1.54) is 0 Å². The Morgan fingerprint density at radius 2 is 0.938 bits per heavy atom. The number of terminal acetylenes is 1. The standard InChI is InChI=1S/C30H20N2/c1-2-22-17-25(29-13-5-3-11-27(29)23-9-7-15-31-20-23)19-26(18-22)30-14-6-4-12-28(30)24-10-8-16-32-21-24/h1,3-21H. The molecule has 0 saturated heterocycles. The molecule has 2 heteroatoms. The van der Waals surface area contributed by atoms with Crippen molar-refractivity contribution < 1.29 is 0 Å². The molecule has 0 amide bonds. The van der Waals surface area contributed by atoms with E-state index in [1.807, 2.05) is 24.5 Å². The zero-order valence-corrected chi connectivity index (χ0v) is 17.4. The summed E-state index contributed by atoms with van der Waals surface area (Å²) in [5.41, 5.74) is 9.65. The van der Waals surface area contributed by atoms with E-state index in [0.717, 1.165) is 50.1 Å². The highest BCUT2D eigenvalue weighted by Gasteiger charge is 2.12. The van der Waals surface area contributed by atoms with E-state index in [2.05, 4.69) is 94.8 Å². The maximum atomic E-state index is 5.87. The van der Waals surface area contributed by atoms with Gasteiger partial charge in [0.15, 0.2) is 0 Å². The topological polar surface area (TPSA) is 25.8 Å². The van der Waals surface area contributed by atoms with Crippen molar-refractivity contribution in [3.05, 3.63) is 121 Å². The van der Waals surface area contributed by atoms with E-state index in [-0.39, 0.29) is 0 Å². The molecule has 3 aromatic carbocycles. The van der Waals surface area contributed by atoms with Crippen LogP contribution in [0.2, 0.25) is 0 Å². The van der Waals surface area contributed by atoms with Gasteiger partial charge in [0.1, 0.15) is 0 Å². The van der Waals surface area contributed by atoms with Gasteiger partial charge in [0.25, 0.3) is 0 Å². The van der Waals surface area contributed by atoms with E-state index in [0.29, 0.717) is 0 Å². The number of aromatic nitrogens is 2. The van der Waals surface area contributed by atoms with E-state index < -0.39 is 0 Å². The van der Waals surface area contributed by atoms with Crippen LogP contribution in [0.1, 0.15) is 5.56 Å². The molecule has 150 valence electrons. The first kappa shape index (κ1) is 19.5. The summed E-state index contributed by atoms with van der Waals surface area (Å²) in [4.78, 5) is 8.60. The molecule has 2 nitrogen and oxygen atoms in total. The quantitative estimate of drug-likeness (QED) is 0.296. The second kappa shape index (κ2) is 8.71. The summed E-state index contributed by atoms with van der Waals surface area (Å²) in [6.07, 6.45) is 13.2. The fourth-order valence-electron chi connectivity index (χ4n) is 4.04. The average molecular weight is 409 g/mol. The van der Waals surface area contributed by atoms with Crippen molar-refractivity contribution in [1.82, 2.24) is 9.97 Å². The SMILES string of the molecule is C#Cc1cc(-c2ccccc2-c2cccnc2)cc(-c2ccccc2-c2cccnc2)c1. The van der Waals surface area contributed by atoms with E-state index in [1.54, 1.807) is 12.4 Å². The number of rotatable bonds is 4. The Balaban J connectivity index is 1.71. The third-order valence-corrected chi connectivity index (χ3v) is 5.52. The molecule has 0 aliphatic heterocycles. The molecule has 2 aromatic heterocycles. The Kier molecular flexibility index (Phi) is 5.31. The van der Waals surface area contributed by atoms with Crippen LogP contribution in [0.4, 0.5) is 0 Å². The molecule has 0 bridgehead atoms. The van der Waals surface area contributed by atoms with Gasteiger partial charge in [-0.25, -0.2) is 0 Å². The molecular weight excluding hydrogens is 388 g/mol. The third-order valence-electron chi connectivity index (χ3n) is 5.52. The summed E-state index contributed by atoms with van der Waals surface area (Å²) in [5, 5.41) is 0. The lowest BCUT2D eigenvalue weighted by atomic mass is 9.89. The van der Waals surface area contributed by atoms with Crippen LogP contribution in [0, 0.1) is 12.3 Å². The molecule has 0 radical (unpaired) electrons. The van der Waals surface area contributed by atoms with E-state index in [4.69, 9.17) is 6.42 Å². The van der Waals surface area contributed by atoms with Crippen LogP contribution in [0.3, 0.4) is 0 Å². The number of nitrogens with zero attached hydrogens (tertiary/aromatic N) is 2. The maximum absolute atomic E-state index is 5.87. The highest BCUT2D eigenvalue weighted by atomic mass is 14.6. The molecule has 0 aliphatic rings. The van der Waals surface area contributed by atoms with Crippen molar-refractivity contribution in [2.75, 3.05) is 0 Å². The summed E-state index contributed by atoms with van der Waals surface area (Å²) < 4.78 is 0. The van der Waals surface area contributed by atoms with Gasteiger partial charge in [-0.05, 0) is 63.7 Å². The zero-order valence-electron chi connectivity index (χ0n) is 17.4. The molecule has 2 heterocycles. The predicted molar refractivity (Wildman–Crippen MR) is 132 cm³/mol. The van der Waals surface area contributed by atoms with Gasteiger partial charge in [-0.2, -0.15) is 0 Å². The minimum atomic E-state index is 0.847. The Hall–Kier alpha value is -4.48. The predicted octanol–water partition coefficient (Wildman–Crippen LogP) is 7.13. The largest absolute Gasteiger partial charge is 0.264 e. The number of hydrogen-bond donors (Lipinski definition) is 0. The molecule has 5 aromatic rings. The van der Waals surface area contributed by atoms with E-state index in [9.17, 15) is 0 Å². The van der Waals surface area contributed by atoms with Crippen molar-refractivity contribution in [2.24, 2.45) is 0 Å². The van der Waals surface area contributed by atoms with Crippen molar-refractivity contribution in [2.45, 2.75) is 0 Å². The Bertz CT molecular complexity index is 1310. The summed E-state index contributed by atoms with van der Waals surface area (Å²) >= 11 is 0. The van der Waals surface area contributed by atoms with Gasteiger partial charge in [-0.1, -0.05) is 66.6 Å². The Morgan fingerprint density at radius 1 is 0.500 bits per heavy atom. The highest BCUT2D eigenvalue weighted by Crippen LogP contribution is 2.37. The zero-order chi connectivity index (χ0) is 21.8. The summed E-state index contributed by atoms with van der Waals surface area (Å²) in [5.74, 6) is 2.84. The van der Waals surface area contributed by atoms with Crippen LogP contribution in [0.5, 0.6) is 0 Å². The van der Waals surface area contributed by atoms with Gasteiger partial charge < -0.3 is 0 Å². The van der Waals surface area contributed by atoms with Crippen LogP contribution in [-0.2, 0) is 0 Å². The van der Waals surface area contributed by atoms with Crippen LogP contribution in [-0.4, -0.2) is 9.97 Å². The average Bonchev–Trinajstić information content (AvgIpc) is 2.89. The van der Waals surface area contributed by atoms with Crippen molar-refractivity contribution >= 4 is 0 Å². The highest BCUT2D eigenvalue weighted by molar-refractivity contribution is 5.89. The van der Waals surface area contributed by atoms with Gasteiger partial charge in [0, 0.05) is 41.5 Å². The second-order valence-corrected chi connectivity index (χ2v) is 7.52. The molecule has 0 aliphatic carbocycles. The van der Waals surface area contributed by atoms with Crippen molar-refractivity contribution in [1.29, 1.82) is 0 Å². The van der Waals surface area contributed by atoms with Gasteiger partial charge in [-0.3, -0.25) is 9.97 Å². The van der Waals surface area contributed by atoms with Gasteiger partial charge in [0.2, 0.25) is 0 Å². The van der Waals surface area contributed by atoms with Gasteiger partial charge in [-0.15, -0.1) is 6.42 Å². The first-order chi connectivity index (χ1) is 15.8. The molecule has 5 rings (SSSR count). The molecule has 0 unspecified atom stereocenters. The van der Waals surface area contributed by atoms with Gasteiger partial charge >= 0.3 is 0 Å². The number of hydrogen-bond acceptors (Lipinski definition) is 2. The van der Waals surface area contributed by atoms with Crippen LogP contribution >= 0.6 is 0 Å². The molecule has 32 heavy (non-hydrogen) atoms. The molecule has 0 saturated carbocycles. The fraction of sp³-hybridized carbons (Fsp3) is 0. The minimum Gasteiger partial charge on any atom is -0.264 e. The molecule has 0 N–H and O–H groups in total. The van der Waals surface area contributed by atoms with Crippen LogP contribution in [0.25, 0.3) is 44.5 Å². The molecule has 0 atom stereocenters. The molecular formula is C30H20N2. The Labute approximate surface area is 188 Å². The maximum Gasteiger partial charge on any atom is 0.0346 e.